The quantitative estimate of drug-likeness (QED) is 0.754. The first kappa shape index (κ1) is 13.7. The smallest absolute Gasteiger partial charge is 0.131 e. The summed E-state index contributed by atoms with van der Waals surface area (Å²) in [4.78, 5) is 6.71. The fraction of sp³-hybridized carbons (Fsp3) is 0.583. The number of hydrogen-bond acceptors (Lipinski definition) is 3. The van der Waals surface area contributed by atoms with Gasteiger partial charge in [-0.1, -0.05) is 0 Å². The fourth-order valence-electron chi connectivity index (χ4n) is 1.63. The molecule has 0 amide bonds. The molecule has 0 aromatic carbocycles. The van der Waals surface area contributed by atoms with Gasteiger partial charge in [-0.3, -0.25) is 0 Å². The molecule has 1 aromatic heterocycles. The zero-order valence-corrected chi connectivity index (χ0v) is 11.9. The van der Waals surface area contributed by atoms with Gasteiger partial charge in [0.1, 0.15) is 5.82 Å². The number of nitrogens with zero attached hydrogens (tertiary/aromatic N) is 2. The lowest BCUT2D eigenvalue weighted by atomic mass is 10.2. The summed E-state index contributed by atoms with van der Waals surface area (Å²) in [6.45, 7) is 4.30. The third kappa shape index (κ3) is 3.29. The van der Waals surface area contributed by atoms with Gasteiger partial charge in [0, 0.05) is 30.9 Å². The number of alkyl halides is 1. The van der Waals surface area contributed by atoms with Gasteiger partial charge in [0.05, 0.1) is 0 Å². The van der Waals surface area contributed by atoms with Gasteiger partial charge in [0.15, 0.2) is 0 Å². The molecular formula is C12H19ClN2S. The summed E-state index contributed by atoms with van der Waals surface area (Å²) >= 11 is 7.64. The minimum absolute atomic E-state index is 0.489. The Labute approximate surface area is 107 Å². The Balaban J connectivity index is 2.87. The van der Waals surface area contributed by atoms with Crippen molar-refractivity contribution in [2.75, 3.05) is 24.0 Å². The van der Waals surface area contributed by atoms with Crippen LogP contribution in [-0.2, 0) is 5.88 Å². The highest BCUT2D eigenvalue weighted by Gasteiger charge is 2.12. The van der Waals surface area contributed by atoms with Gasteiger partial charge in [0.25, 0.3) is 0 Å². The normalized spacial score (nSPS) is 12.6. The summed E-state index contributed by atoms with van der Waals surface area (Å²) in [7, 11) is 2.09. The standard InChI is InChI=1S/C12H19ClN2S/c1-9-5-11(6-13)7-14-12(9)15(3)10(2)8-16-4/h5,7,10H,6,8H2,1-4H3. The van der Waals surface area contributed by atoms with Crippen molar-refractivity contribution in [1.82, 2.24) is 4.98 Å². The molecule has 2 nitrogen and oxygen atoms in total. The monoisotopic (exact) mass is 258 g/mol. The molecule has 90 valence electrons. The summed E-state index contributed by atoms with van der Waals surface area (Å²) in [6, 6.07) is 2.60. The molecule has 1 heterocycles. The van der Waals surface area contributed by atoms with E-state index in [4.69, 9.17) is 11.6 Å². The molecule has 0 N–H and O–H groups in total. The fourth-order valence-corrected chi connectivity index (χ4v) is 2.48. The van der Waals surface area contributed by atoms with Gasteiger partial charge in [-0.15, -0.1) is 11.6 Å². The van der Waals surface area contributed by atoms with Gasteiger partial charge in [-0.2, -0.15) is 11.8 Å². The lowest BCUT2D eigenvalue weighted by Crippen LogP contribution is -2.32. The van der Waals surface area contributed by atoms with E-state index in [-0.39, 0.29) is 0 Å². The van der Waals surface area contributed by atoms with Crippen LogP contribution in [0.25, 0.3) is 0 Å². The molecular weight excluding hydrogens is 240 g/mol. The van der Waals surface area contributed by atoms with Crippen LogP contribution < -0.4 is 4.90 Å². The number of thioether (sulfide) groups is 1. The molecule has 0 aliphatic rings. The zero-order chi connectivity index (χ0) is 12.1. The SMILES string of the molecule is CSCC(C)N(C)c1ncc(CCl)cc1C. The van der Waals surface area contributed by atoms with Gasteiger partial charge in [-0.05, 0) is 37.3 Å². The van der Waals surface area contributed by atoms with Crippen molar-refractivity contribution < 1.29 is 0 Å². The Bertz CT molecular complexity index is 344. The van der Waals surface area contributed by atoms with Crippen LogP contribution in [0.3, 0.4) is 0 Å². The number of halogens is 1. The minimum atomic E-state index is 0.489. The number of aryl methyl sites for hydroxylation is 1. The van der Waals surface area contributed by atoms with Crippen LogP contribution >= 0.6 is 23.4 Å². The Kier molecular flexibility index (Phi) is 5.42. The van der Waals surface area contributed by atoms with Crippen molar-refractivity contribution in [3.05, 3.63) is 23.4 Å². The molecule has 1 unspecified atom stereocenters. The summed E-state index contributed by atoms with van der Waals surface area (Å²) < 4.78 is 0. The second kappa shape index (κ2) is 6.36. The summed E-state index contributed by atoms with van der Waals surface area (Å²) in [6.07, 6.45) is 3.98. The van der Waals surface area contributed by atoms with Crippen LogP contribution in [0.15, 0.2) is 12.3 Å². The first-order valence-electron chi connectivity index (χ1n) is 5.33. The van der Waals surface area contributed by atoms with Crippen LogP contribution in [-0.4, -0.2) is 30.1 Å². The molecule has 0 saturated carbocycles. The van der Waals surface area contributed by atoms with Crippen LogP contribution in [0, 0.1) is 6.92 Å². The van der Waals surface area contributed by atoms with Gasteiger partial charge < -0.3 is 4.90 Å². The van der Waals surface area contributed by atoms with E-state index in [0.29, 0.717) is 11.9 Å². The van der Waals surface area contributed by atoms with Gasteiger partial charge >= 0.3 is 0 Å². The van der Waals surface area contributed by atoms with Gasteiger partial charge in [0.2, 0.25) is 0 Å². The van der Waals surface area contributed by atoms with E-state index >= 15 is 0 Å². The van der Waals surface area contributed by atoms with Crippen LogP contribution in [0.4, 0.5) is 5.82 Å². The Morgan fingerprint density at radius 2 is 2.25 bits per heavy atom. The largest absolute Gasteiger partial charge is 0.356 e. The van der Waals surface area contributed by atoms with Gasteiger partial charge in [-0.25, -0.2) is 4.98 Å². The van der Waals surface area contributed by atoms with Crippen molar-refractivity contribution in [2.24, 2.45) is 0 Å². The number of hydrogen-bond donors (Lipinski definition) is 0. The average molecular weight is 259 g/mol. The zero-order valence-electron chi connectivity index (χ0n) is 10.3. The topological polar surface area (TPSA) is 16.1 Å². The summed E-state index contributed by atoms with van der Waals surface area (Å²) in [5.74, 6) is 2.68. The second-order valence-corrected chi connectivity index (χ2v) is 5.21. The van der Waals surface area contributed by atoms with E-state index in [2.05, 4.69) is 43.1 Å². The first-order valence-corrected chi connectivity index (χ1v) is 7.26. The molecule has 1 atom stereocenters. The second-order valence-electron chi connectivity index (χ2n) is 4.03. The summed E-state index contributed by atoms with van der Waals surface area (Å²) in [5.41, 5.74) is 2.27. The maximum atomic E-state index is 5.79. The molecule has 0 aliphatic carbocycles. The van der Waals surface area contributed by atoms with Crippen molar-refractivity contribution in [2.45, 2.75) is 25.8 Å². The van der Waals surface area contributed by atoms with E-state index in [1.165, 1.54) is 5.56 Å². The van der Waals surface area contributed by atoms with Crippen LogP contribution in [0.5, 0.6) is 0 Å². The molecule has 4 heteroatoms. The molecule has 0 spiro atoms. The predicted molar refractivity (Wildman–Crippen MR) is 74.8 cm³/mol. The number of rotatable bonds is 5. The van der Waals surface area contributed by atoms with Crippen LogP contribution in [0.2, 0.25) is 0 Å². The van der Waals surface area contributed by atoms with E-state index in [0.717, 1.165) is 17.1 Å². The number of pyridine rings is 1. The molecule has 1 rings (SSSR count). The highest BCUT2D eigenvalue weighted by Crippen LogP contribution is 2.20. The third-order valence-electron chi connectivity index (χ3n) is 2.66. The lowest BCUT2D eigenvalue weighted by molar-refractivity contribution is 0.750. The van der Waals surface area contributed by atoms with Crippen LogP contribution in [0.1, 0.15) is 18.1 Å². The van der Waals surface area contributed by atoms with E-state index < -0.39 is 0 Å². The Hall–Kier alpha value is -0.410. The molecule has 0 bridgehead atoms. The molecule has 0 fully saturated rings. The highest BCUT2D eigenvalue weighted by atomic mass is 35.5. The number of aromatic nitrogens is 1. The van der Waals surface area contributed by atoms with E-state index in [1.54, 1.807) is 0 Å². The van der Waals surface area contributed by atoms with Crippen molar-refractivity contribution in [3.63, 3.8) is 0 Å². The Morgan fingerprint density at radius 3 is 2.75 bits per heavy atom. The lowest BCUT2D eigenvalue weighted by Gasteiger charge is -2.26. The predicted octanol–water partition coefficient (Wildman–Crippen LogP) is 3.32. The molecule has 0 aliphatic heterocycles. The Morgan fingerprint density at radius 1 is 1.56 bits per heavy atom. The number of anilines is 1. The highest BCUT2D eigenvalue weighted by molar-refractivity contribution is 7.98. The first-order chi connectivity index (χ1) is 7.60. The molecule has 0 radical (unpaired) electrons. The van der Waals surface area contributed by atoms with E-state index in [9.17, 15) is 0 Å². The van der Waals surface area contributed by atoms with Crippen molar-refractivity contribution >= 4 is 29.2 Å². The summed E-state index contributed by atoms with van der Waals surface area (Å²) in [5, 5.41) is 0. The molecule has 0 saturated heterocycles. The molecule has 16 heavy (non-hydrogen) atoms. The maximum absolute atomic E-state index is 5.79. The van der Waals surface area contributed by atoms with Crippen molar-refractivity contribution in [1.29, 1.82) is 0 Å². The molecule has 1 aromatic rings. The van der Waals surface area contributed by atoms with E-state index in [1.807, 2.05) is 18.0 Å². The average Bonchev–Trinajstić information content (AvgIpc) is 2.28. The maximum Gasteiger partial charge on any atom is 0.131 e. The third-order valence-corrected chi connectivity index (χ3v) is 3.79. The van der Waals surface area contributed by atoms with Crippen molar-refractivity contribution in [3.8, 4) is 0 Å². The minimum Gasteiger partial charge on any atom is -0.356 e.